The van der Waals surface area contributed by atoms with Gasteiger partial charge in [0.05, 0.1) is 11.1 Å². The lowest BCUT2D eigenvalue weighted by atomic mass is 10.2. The molecule has 0 aliphatic heterocycles. The van der Waals surface area contributed by atoms with Crippen molar-refractivity contribution in [2.24, 2.45) is 0 Å². The molecule has 0 fully saturated rings. The third kappa shape index (κ3) is 4.23. The molecule has 1 N–H and O–H groups in total. The van der Waals surface area contributed by atoms with Crippen molar-refractivity contribution in [1.82, 2.24) is 0 Å². The molecule has 0 heterocycles. The third-order valence-electron chi connectivity index (χ3n) is 2.62. The van der Waals surface area contributed by atoms with Crippen LogP contribution in [-0.2, 0) is 6.61 Å². The Balaban J connectivity index is 1.91. The van der Waals surface area contributed by atoms with Gasteiger partial charge >= 0.3 is 0 Å². The average molecular weight is 319 g/mol. The molecular weight excluding hydrogens is 304 g/mol. The minimum Gasteiger partial charge on any atom is -0.488 e. The molecule has 0 bridgehead atoms. The molecule has 0 saturated heterocycles. The second kappa shape index (κ2) is 7.12. The second-order valence-electron chi connectivity index (χ2n) is 4.05. The van der Waals surface area contributed by atoms with Crippen molar-refractivity contribution in [3.8, 4) is 5.75 Å². The Morgan fingerprint density at radius 1 is 1.11 bits per heavy atom. The van der Waals surface area contributed by atoms with E-state index in [1.54, 1.807) is 0 Å². The normalized spacial score (nSPS) is 10.8. The molecule has 0 saturated carbocycles. The summed E-state index contributed by atoms with van der Waals surface area (Å²) >= 11 is 3.42. The number of ether oxygens (including phenoxy) is 1. The van der Waals surface area contributed by atoms with Gasteiger partial charge in [-0.05, 0) is 45.3 Å². The van der Waals surface area contributed by atoms with Crippen molar-refractivity contribution >= 4 is 22.0 Å². The number of rotatable bonds is 5. The summed E-state index contributed by atoms with van der Waals surface area (Å²) in [6, 6.07) is 15.7. The van der Waals surface area contributed by atoms with Crippen LogP contribution in [0.15, 0.2) is 59.1 Å². The summed E-state index contributed by atoms with van der Waals surface area (Å²) < 4.78 is 6.50. The molecule has 0 aromatic heterocycles. The lowest BCUT2D eigenvalue weighted by molar-refractivity contribution is 0.281. The van der Waals surface area contributed by atoms with Gasteiger partial charge in [0.2, 0.25) is 0 Å². The van der Waals surface area contributed by atoms with Crippen LogP contribution in [0.4, 0.5) is 0 Å². The fourth-order valence-electron chi connectivity index (χ4n) is 1.65. The monoisotopic (exact) mass is 318 g/mol. The van der Waals surface area contributed by atoms with Crippen molar-refractivity contribution in [3.63, 3.8) is 0 Å². The van der Waals surface area contributed by atoms with Gasteiger partial charge in [-0.25, -0.2) is 0 Å². The third-order valence-corrected chi connectivity index (χ3v) is 3.24. The number of halogens is 1. The predicted molar refractivity (Wildman–Crippen MR) is 81.0 cm³/mol. The highest BCUT2D eigenvalue weighted by molar-refractivity contribution is 9.10. The summed E-state index contributed by atoms with van der Waals surface area (Å²) in [5.41, 5.74) is 2.01. The molecule has 0 radical (unpaired) electrons. The van der Waals surface area contributed by atoms with Gasteiger partial charge in [-0.3, -0.25) is 0 Å². The molecule has 0 aliphatic rings. The number of hydrogen-bond donors (Lipinski definition) is 1. The van der Waals surface area contributed by atoms with Gasteiger partial charge < -0.3 is 9.84 Å². The molecular formula is C16H15BrO2. The zero-order valence-electron chi connectivity index (χ0n) is 10.4. The quantitative estimate of drug-likeness (QED) is 0.901. The first-order valence-electron chi connectivity index (χ1n) is 6.03. The Kier molecular flexibility index (Phi) is 5.19. The van der Waals surface area contributed by atoms with Gasteiger partial charge in [0.25, 0.3) is 0 Å². The second-order valence-corrected chi connectivity index (χ2v) is 4.90. The summed E-state index contributed by atoms with van der Waals surface area (Å²) in [7, 11) is 0. The lowest BCUT2D eigenvalue weighted by Gasteiger charge is -2.07. The molecule has 0 atom stereocenters. The van der Waals surface area contributed by atoms with E-state index >= 15 is 0 Å². The summed E-state index contributed by atoms with van der Waals surface area (Å²) in [6.07, 6.45) is 4.00. The average Bonchev–Trinajstić information content (AvgIpc) is 2.46. The molecule has 2 nitrogen and oxygen atoms in total. The highest BCUT2D eigenvalue weighted by Crippen LogP contribution is 2.26. The standard InChI is InChI=1S/C16H15BrO2/c17-15-11-14(12-18)8-9-16(15)19-10-4-7-13-5-2-1-3-6-13/h1-9,11,18H,10,12H2. The molecule has 2 aromatic carbocycles. The maximum Gasteiger partial charge on any atom is 0.133 e. The Bertz CT molecular complexity index is 550. The van der Waals surface area contributed by atoms with Gasteiger partial charge in [0.1, 0.15) is 12.4 Å². The van der Waals surface area contributed by atoms with Crippen LogP contribution in [0.25, 0.3) is 6.08 Å². The van der Waals surface area contributed by atoms with Crippen LogP contribution in [0, 0.1) is 0 Å². The summed E-state index contributed by atoms with van der Waals surface area (Å²) in [4.78, 5) is 0. The molecule has 0 aliphatic carbocycles. The Morgan fingerprint density at radius 2 is 1.89 bits per heavy atom. The van der Waals surface area contributed by atoms with Crippen LogP contribution in [0.1, 0.15) is 11.1 Å². The number of benzene rings is 2. The van der Waals surface area contributed by atoms with Crippen molar-refractivity contribution in [2.45, 2.75) is 6.61 Å². The lowest BCUT2D eigenvalue weighted by Crippen LogP contribution is -1.95. The first-order chi connectivity index (χ1) is 9.29. The minimum absolute atomic E-state index is 0.0345. The van der Waals surface area contributed by atoms with Crippen LogP contribution in [0.2, 0.25) is 0 Å². The number of aliphatic hydroxyl groups excluding tert-OH is 1. The van der Waals surface area contributed by atoms with Gasteiger partial charge in [0.15, 0.2) is 0 Å². The highest BCUT2D eigenvalue weighted by Gasteiger charge is 2.01. The Morgan fingerprint density at radius 3 is 2.58 bits per heavy atom. The molecule has 19 heavy (non-hydrogen) atoms. The van der Waals surface area contributed by atoms with Crippen molar-refractivity contribution in [3.05, 3.63) is 70.2 Å². The van der Waals surface area contributed by atoms with Gasteiger partial charge in [-0.15, -0.1) is 0 Å². The summed E-state index contributed by atoms with van der Waals surface area (Å²) in [5, 5.41) is 9.02. The molecule has 0 unspecified atom stereocenters. The van der Waals surface area contributed by atoms with E-state index in [0.717, 1.165) is 21.3 Å². The largest absolute Gasteiger partial charge is 0.488 e. The van der Waals surface area contributed by atoms with Crippen LogP contribution in [0.3, 0.4) is 0 Å². The van der Waals surface area contributed by atoms with Crippen LogP contribution >= 0.6 is 15.9 Å². The van der Waals surface area contributed by atoms with Crippen molar-refractivity contribution < 1.29 is 9.84 Å². The van der Waals surface area contributed by atoms with E-state index in [2.05, 4.69) is 15.9 Å². The van der Waals surface area contributed by atoms with Crippen molar-refractivity contribution in [2.75, 3.05) is 6.61 Å². The van der Waals surface area contributed by atoms with Crippen molar-refractivity contribution in [1.29, 1.82) is 0 Å². The summed E-state index contributed by atoms with van der Waals surface area (Å²) in [5.74, 6) is 0.773. The fraction of sp³-hybridized carbons (Fsp3) is 0.125. The molecule has 2 aromatic rings. The van der Waals surface area contributed by atoms with Crippen LogP contribution < -0.4 is 4.74 Å². The van der Waals surface area contributed by atoms with E-state index in [4.69, 9.17) is 9.84 Å². The van der Waals surface area contributed by atoms with E-state index in [9.17, 15) is 0 Å². The van der Waals surface area contributed by atoms with E-state index < -0.39 is 0 Å². The number of aliphatic hydroxyl groups is 1. The minimum atomic E-state index is 0.0345. The van der Waals surface area contributed by atoms with E-state index in [0.29, 0.717) is 6.61 Å². The van der Waals surface area contributed by atoms with Crippen LogP contribution in [-0.4, -0.2) is 11.7 Å². The SMILES string of the molecule is OCc1ccc(OCC=Cc2ccccc2)c(Br)c1. The molecule has 2 rings (SSSR count). The maximum absolute atomic E-state index is 9.02. The van der Waals surface area contributed by atoms with Gasteiger partial charge in [0, 0.05) is 0 Å². The Hall–Kier alpha value is -1.58. The van der Waals surface area contributed by atoms with E-state index in [1.807, 2.05) is 60.7 Å². The molecule has 0 spiro atoms. The molecule has 3 heteroatoms. The molecule has 98 valence electrons. The van der Waals surface area contributed by atoms with E-state index in [-0.39, 0.29) is 6.61 Å². The zero-order valence-corrected chi connectivity index (χ0v) is 12.0. The predicted octanol–water partition coefficient (Wildman–Crippen LogP) is 4.03. The smallest absolute Gasteiger partial charge is 0.133 e. The van der Waals surface area contributed by atoms with E-state index in [1.165, 1.54) is 0 Å². The number of hydrogen-bond acceptors (Lipinski definition) is 2. The van der Waals surface area contributed by atoms with Gasteiger partial charge in [-0.2, -0.15) is 0 Å². The highest BCUT2D eigenvalue weighted by atomic mass is 79.9. The zero-order chi connectivity index (χ0) is 13.5. The Labute approximate surface area is 121 Å². The topological polar surface area (TPSA) is 29.5 Å². The maximum atomic E-state index is 9.02. The summed E-state index contributed by atoms with van der Waals surface area (Å²) in [6.45, 7) is 0.540. The first kappa shape index (κ1) is 13.8. The van der Waals surface area contributed by atoms with Gasteiger partial charge in [-0.1, -0.05) is 42.5 Å². The fourth-order valence-corrected chi connectivity index (χ4v) is 2.19. The van der Waals surface area contributed by atoms with Crippen LogP contribution in [0.5, 0.6) is 5.75 Å². The first-order valence-corrected chi connectivity index (χ1v) is 6.82. The molecule has 0 amide bonds.